The Kier molecular flexibility index (Phi) is 4.99. The number of aromatic nitrogens is 2. The molecule has 1 aromatic heterocycles. The summed E-state index contributed by atoms with van der Waals surface area (Å²) in [5.74, 6) is -0.409. The SMILES string of the molecule is CCC(=NN1CCOCC1)c1c(O)n(-c2ccccc2)c(=O)[nH]c1=O. The molecule has 132 valence electrons. The minimum Gasteiger partial charge on any atom is -0.493 e. The highest BCUT2D eigenvalue weighted by molar-refractivity contribution is 6.01. The molecule has 0 radical (unpaired) electrons. The maximum absolute atomic E-state index is 12.3. The van der Waals surface area contributed by atoms with E-state index in [4.69, 9.17) is 4.74 Å². The fourth-order valence-corrected chi connectivity index (χ4v) is 2.72. The Bertz CT molecular complexity index is 880. The summed E-state index contributed by atoms with van der Waals surface area (Å²) in [6, 6.07) is 8.64. The van der Waals surface area contributed by atoms with E-state index in [0.29, 0.717) is 44.1 Å². The fourth-order valence-electron chi connectivity index (χ4n) is 2.72. The molecule has 0 bridgehead atoms. The third-order valence-corrected chi connectivity index (χ3v) is 3.97. The summed E-state index contributed by atoms with van der Waals surface area (Å²) in [4.78, 5) is 26.8. The number of rotatable bonds is 4. The van der Waals surface area contributed by atoms with Gasteiger partial charge >= 0.3 is 5.69 Å². The topological polar surface area (TPSA) is 99.9 Å². The van der Waals surface area contributed by atoms with Gasteiger partial charge in [-0.2, -0.15) is 5.10 Å². The number of benzene rings is 1. The summed E-state index contributed by atoms with van der Waals surface area (Å²) < 4.78 is 6.36. The Hall–Kier alpha value is -2.87. The van der Waals surface area contributed by atoms with Gasteiger partial charge in [-0.05, 0) is 18.6 Å². The van der Waals surface area contributed by atoms with E-state index in [2.05, 4.69) is 10.1 Å². The second-order valence-corrected chi connectivity index (χ2v) is 5.60. The number of H-pyrrole nitrogens is 1. The average Bonchev–Trinajstić information content (AvgIpc) is 2.62. The van der Waals surface area contributed by atoms with Gasteiger partial charge in [0.2, 0.25) is 5.88 Å². The van der Waals surface area contributed by atoms with Crippen LogP contribution in [-0.2, 0) is 4.74 Å². The molecule has 1 aliphatic rings. The first kappa shape index (κ1) is 17.0. The average molecular weight is 344 g/mol. The molecule has 1 aromatic carbocycles. The third kappa shape index (κ3) is 3.48. The van der Waals surface area contributed by atoms with Gasteiger partial charge in [-0.3, -0.25) is 14.8 Å². The first-order valence-corrected chi connectivity index (χ1v) is 8.16. The van der Waals surface area contributed by atoms with Crippen molar-refractivity contribution in [2.45, 2.75) is 13.3 Å². The van der Waals surface area contributed by atoms with Gasteiger partial charge in [0.25, 0.3) is 5.56 Å². The van der Waals surface area contributed by atoms with Crippen LogP contribution in [0.25, 0.3) is 5.69 Å². The van der Waals surface area contributed by atoms with Crippen molar-refractivity contribution in [3.63, 3.8) is 0 Å². The molecule has 2 heterocycles. The number of morpholine rings is 1. The van der Waals surface area contributed by atoms with E-state index >= 15 is 0 Å². The smallest absolute Gasteiger partial charge is 0.335 e. The van der Waals surface area contributed by atoms with Gasteiger partial charge in [0, 0.05) is 0 Å². The molecular weight excluding hydrogens is 324 g/mol. The zero-order valence-corrected chi connectivity index (χ0v) is 13.9. The lowest BCUT2D eigenvalue weighted by molar-refractivity contribution is 0.0393. The standard InChI is InChI=1S/C17H20N4O4/c1-2-13(19-20-8-10-25-11-9-20)14-15(22)18-17(24)21(16(14)23)12-6-4-3-5-7-12/h3-7,23H,2,8-11H2,1H3,(H,18,22,24). The molecule has 1 aliphatic heterocycles. The summed E-state index contributed by atoms with van der Waals surface area (Å²) in [5.41, 5.74) is -0.449. The quantitative estimate of drug-likeness (QED) is 0.795. The number of ether oxygens (including phenoxy) is 1. The zero-order valence-electron chi connectivity index (χ0n) is 13.9. The monoisotopic (exact) mass is 344 g/mol. The highest BCUT2D eigenvalue weighted by Gasteiger charge is 2.20. The van der Waals surface area contributed by atoms with Crippen molar-refractivity contribution in [3.05, 3.63) is 56.7 Å². The van der Waals surface area contributed by atoms with Gasteiger partial charge in [0.1, 0.15) is 5.56 Å². The van der Waals surface area contributed by atoms with Crippen LogP contribution in [0.5, 0.6) is 5.88 Å². The predicted octanol–water partition coefficient (Wildman–Crippen LogP) is 0.678. The van der Waals surface area contributed by atoms with E-state index in [-0.39, 0.29) is 5.56 Å². The molecule has 25 heavy (non-hydrogen) atoms. The highest BCUT2D eigenvalue weighted by Crippen LogP contribution is 2.18. The molecule has 0 aliphatic carbocycles. The molecule has 2 aromatic rings. The van der Waals surface area contributed by atoms with Gasteiger partial charge < -0.3 is 9.84 Å². The predicted molar refractivity (Wildman–Crippen MR) is 93.5 cm³/mol. The Morgan fingerprint density at radius 1 is 1.24 bits per heavy atom. The summed E-state index contributed by atoms with van der Waals surface area (Å²) >= 11 is 0. The first-order valence-electron chi connectivity index (χ1n) is 8.16. The highest BCUT2D eigenvalue weighted by atomic mass is 16.5. The Morgan fingerprint density at radius 2 is 1.92 bits per heavy atom. The summed E-state index contributed by atoms with van der Waals surface area (Å²) in [6.07, 6.45) is 0.432. The van der Waals surface area contributed by atoms with Crippen molar-refractivity contribution in [1.29, 1.82) is 0 Å². The molecule has 0 atom stereocenters. The van der Waals surface area contributed by atoms with Crippen LogP contribution in [0.3, 0.4) is 0 Å². The minimum atomic E-state index is -0.695. The van der Waals surface area contributed by atoms with Crippen molar-refractivity contribution >= 4 is 5.71 Å². The molecule has 2 N–H and O–H groups in total. The number of nitrogens with zero attached hydrogens (tertiary/aromatic N) is 3. The molecule has 0 spiro atoms. The molecule has 8 heteroatoms. The normalized spacial score (nSPS) is 15.4. The molecule has 1 saturated heterocycles. The van der Waals surface area contributed by atoms with Gasteiger partial charge in [0.15, 0.2) is 0 Å². The van der Waals surface area contributed by atoms with E-state index in [0.717, 1.165) is 4.57 Å². The summed E-state index contributed by atoms with van der Waals surface area (Å²) in [6.45, 7) is 4.19. The van der Waals surface area contributed by atoms with Crippen molar-refractivity contribution in [2.24, 2.45) is 5.10 Å². The van der Waals surface area contributed by atoms with Crippen LogP contribution in [0.1, 0.15) is 18.9 Å². The van der Waals surface area contributed by atoms with E-state index in [1.165, 1.54) is 0 Å². The van der Waals surface area contributed by atoms with Crippen LogP contribution in [0.4, 0.5) is 0 Å². The Morgan fingerprint density at radius 3 is 2.56 bits per heavy atom. The zero-order chi connectivity index (χ0) is 17.8. The Labute approximate surface area is 144 Å². The first-order chi connectivity index (χ1) is 12.1. The maximum atomic E-state index is 12.3. The van der Waals surface area contributed by atoms with Crippen LogP contribution in [0.15, 0.2) is 45.0 Å². The minimum absolute atomic E-state index is 0.0115. The lowest BCUT2D eigenvalue weighted by Gasteiger charge is -2.25. The number of hydrogen-bond donors (Lipinski definition) is 2. The van der Waals surface area contributed by atoms with Crippen LogP contribution in [-0.4, -0.2) is 51.7 Å². The van der Waals surface area contributed by atoms with Crippen molar-refractivity contribution in [3.8, 4) is 11.6 Å². The van der Waals surface area contributed by atoms with Crippen molar-refractivity contribution in [2.75, 3.05) is 26.3 Å². The lowest BCUT2D eigenvalue weighted by Crippen LogP contribution is -2.36. The number of nitrogens with one attached hydrogen (secondary N) is 1. The number of para-hydroxylation sites is 1. The largest absolute Gasteiger partial charge is 0.493 e. The number of hydrazone groups is 1. The van der Waals surface area contributed by atoms with E-state index in [1.54, 1.807) is 35.3 Å². The number of hydrogen-bond acceptors (Lipinski definition) is 6. The van der Waals surface area contributed by atoms with Gasteiger partial charge in [-0.15, -0.1) is 0 Å². The third-order valence-electron chi connectivity index (χ3n) is 3.97. The van der Waals surface area contributed by atoms with Crippen LogP contribution in [0.2, 0.25) is 0 Å². The van der Waals surface area contributed by atoms with Gasteiger partial charge in [-0.1, -0.05) is 25.1 Å². The van der Waals surface area contributed by atoms with Crippen molar-refractivity contribution in [1.82, 2.24) is 14.6 Å². The second-order valence-electron chi connectivity index (χ2n) is 5.60. The maximum Gasteiger partial charge on any atom is 0.335 e. The van der Waals surface area contributed by atoms with Crippen LogP contribution in [0, 0.1) is 0 Å². The summed E-state index contributed by atoms with van der Waals surface area (Å²) in [5, 5.41) is 16.9. The van der Waals surface area contributed by atoms with Crippen molar-refractivity contribution < 1.29 is 9.84 Å². The molecule has 3 rings (SSSR count). The van der Waals surface area contributed by atoms with E-state index < -0.39 is 17.1 Å². The second kappa shape index (κ2) is 7.35. The van der Waals surface area contributed by atoms with Crippen LogP contribution < -0.4 is 11.2 Å². The fraction of sp³-hybridized carbons (Fsp3) is 0.353. The summed E-state index contributed by atoms with van der Waals surface area (Å²) in [7, 11) is 0. The Balaban J connectivity index is 2.13. The number of aromatic amines is 1. The number of aromatic hydroxyl groups is 1. The van der Waals surface area contributed by atoms with E-state index in [9.17, 15) is 14.7 Å². The molecule has 1 fully saturated rings. The lowest BCUT2D eigenvalue weighted by atomic mass is 10.1. The van der Waals surface area contributed by atoms with Gasteiger partial charge in [0.05, 0.1) is 37.7 Å². The van der Waals surface area contributed by atoms with E-state index in [1.807, 2.05) is 6.92 Å². The molecule has 0 unspecified atom stereocenters. The molecular formula is C17H20N4O4. The molecule has 0 saturated carbocycles. The van der Waals surface area contributed by atoms with Gasteiger partial charge in [-0.25, -0.2) is 9.36 Å². The van der Waals surface area contributed by atoms with Crippen LogP contribution >= 0.6 is 0 Å². The molecule has 8 nitrogen and oxygen atoms in total. The molecule has 0 amide bonds.